The monoisotopic (exact) mass is 435 g/mol. The van der Waals surface area contributed by atoms with Crippen LogP contribution in [0.4, 0.5) is 0 Å². The Morgan fingerprint density at radius 1 is 0.875 bits per heavy atom. The van der Waals surface area contributed by atoms with Gasteiger partial charge >= 0.3 is 0 Å². The molecule has 1 aromatic heterocycles. The fraction of sp³-hybridized carbons (Fsp3) is 0.391. The van der Waals surface area contributed by atoms with E-state index < -0.39 is 5.54 Å². The molecule has 1 fully saturated rings. The van der Waals surface area contributed by atoms with Crippen LogP contribution in [0.1, 0.15) is 68.8 Å². The Morgan fingerprint density at radius 2 is 1.53 bits per heavy atom. The van der Waals surface area contributed by atoms with Crippen molar-refractivity contribution in [2.24, 2.45) is 0 Å². The highest BCUT2D eigenvalue weighted by Gasteiger charge is 2.42. The van der Waals surface area contributed by atoms with Gasteiger partial charge in [0.15, 0.2) is 0 Å². The Balaban J connectivity index is 1.49. The number of nitrogens with zero attached hydrogens (tertiary/aromatic N) is 5. The Hall–Kier alpha value is -3.62. The number of hydrogen-bond acceptors (Lipinski definition) is 6. The minimum Gasteiger partial charge on any atom is -0.337 e. The SMILES string of the molecule is CC(C)(C)N1C(=O)c2ccc(C(=O)N3CCCN(C(=O)c4cnccn4)CC3)cc2C1=O. The number of carbonyl (C=O) groups excluding carboxylic acids is 4. The molecule has 4 amide bonds. The second kappa shape index (κ2) is 8.14. The molecule has 32 heavy (non-hydrogen) atoms. The smallest absolute Gasteiger partial charge is 0.274 e. The largest absolute Gasteiger partial charge is 0.337 e. The maximum Gasteiger partial charge on any atom is 0.274 e. The van der Waals surface area contributed by atoms with Crippen molar-refractivity contribution in [1.29, 1.82) is 0 Å². The van der Waals surface area contributed by atoms with Gasteiger partial charge in [-0.25, -0.2) is 4.98 Å². The Bertz CT molecular complexity index is 1090. The molecule has 2 aliphatic rings. The second-order valence-electron chi connectivity index (χ2n) is 8.91. The maximum atomic E-state index is 13.2. The lowest BCUT2D eigenvalue weighted by Gasteiger charge is -2.29. The molecule has 0 bridgehead atoms. The summed E-state index contributed by atoms with van der Waals surface area (Å²) in [6.07, 6.45) is 5.04. The third-order valence-corrected chi connectivity index (χ3v) is 5.66. The highest BCUT2D eigenvalue weighted by atomic mass is 16.2. The summed E-state index contributed by atoms with van der Waals surface area (Å²) >= 11 is 0. The highest BCUT2D eigenvalue weighted by Crippen LogP contribution is 2.30. The molecule has 1 aromatic carbocycles. The van der Waals surface area contributed by atoms with E-state index >= 15 is 0 Å². The van der Waals surface area contributed by atoms with Gasteiger partial charge in [-0.15, -0.1) is 0 Å². The van der Waals surface area contributed by atoms with E-state index in [9.17, 15) is 19.2 Å². The van der Waals surface area contributed by atoms with Gasteiger partial charge in [0.25, 0.3) is 23.6 Å². The summed E-state index contributed by atoms with van der Waals surface area (Å²) in [7, 11) is 0. The first-order chi connectivity index (χ1) is 15.2. The van der Waals surface area contributed by atoms with Crippen LogP contribution in [0.15, 0.2) is 36.8 Å². The molecule has 0 aliphatic carbocycles. The number of aromatic nitrogens is 2. The van der Waals surface area contributed by atoms with Crippen LogP contribution in [0.5, 0.6) is 0 Å². The molecule has 0 atom stereocenters. The van der Waals surface area contributed by atoms with Crippen molar-refractivity contribution < 1.29 is 19.2 Å². The van der Waals surface area contributed by atoms with Gasteiger partial charge in [0.1, 0.15) is 5.69 Å². The summed E-state index contributed by atoms with van der Waals surface area (Å²) < 4.78 is 0. The highest BCUT2D eigenvalue weighted by molar-refractivity contribution is 6.22. The molecular formula is C23H25N5O4. The van der Waals surface area contributed by atoms with Crippen LogP contribution in [-0.4, -0.2) is 80.0 Å². The molecule has 0 spiro atoms. The average molecular weight is 435 g/mol. The maximum absolute atomic E-state index is 13.2. The Kier molecular flexibility index (Phi) is 5.50. The number of rotatable bonds is 2. The molecule has 2 aromatic rings. The molecular weight excluding hydrogens is 410 g/mol. The number of carbonyl (C=O) groups is 4. The predicted molar refractivity (Wildman–Crippen MR) is 115 cm³/mol. The predicted octanol–water partition coefficient (Wildman–Crippen LogP) is 1.86. The van der Waals surface area contributed by atoms with E-state index in [2.05, 4.69) is 9.97 Å². The number of amides is 4. The van der Waals surface area contributed by atoms with Crippen LogP contribution in [-0.2, 0) is 0 Å². The molecule has 3 heterocycles. The summed E-state index contributed by atoms with van der Waals surface area (Å²) in [6.45, 7) is 7.13. The summed E-state index contributed by atoms with van der Waals surface area (Å²) in [4.78, 5) is 63.9. The average Bonchev–Trinajstić information content (AvgIpc) is 2.92. The molecule has 0 unspecified atom stereocenters. The van der Waals surface area contributed by atoms with Crippen LogP contribution >= 0.6 is 0 Å². The van der Waals surface area contributed by atoms with Gasteiger partial charge in [-0.2, -0.15) is 0 Å². The van der Waals surface area contributed by atoms with E-state index in [0.717, 1.165) is 0 Å². The molecule has 2 aliphatic heterocycles. The van der Waals surface area contributed by atoms with Crippen LogP contribution in [0.2, 0.25) is 0 Å². The number of hydrogen-bond donors (Lipinski definition) is 0. The molecule has 0 saturated carbocycles. The normalized spacial score (nSPS) is 16.8. The fourth-order valence-electron chi connectivity index (χ4n) is 4.06. The molecule has 166 valence electrons. The first-order valence-corrected chi connectivity index (χ1v) is 10.6. The van der Waals surface area contributed by atoms with E-state index in [4.69, 9.17) is 0 Å². The van der Waals surface area contributed by atoms with Gasteiger partial charge < -0.3 is 9.80 Å². The number of imide groups is 1. The zero-order chi connectivity index (χ0) is 23.0. The van der Waals surface area contributed by atoms with Gasteiger partial charge in [0.2, 0.25) is 0 Å². The molecule has 4 rings (SSSR count). The molecule has 9 heteroatoms. The number of benzene rings is 1. The first-order valence-electron chi connectivity index (χ1n) is 10.6. The number of fused-ring (bicyclic) bond motifs is 1. The second-order valence-corrected chi connectivity index (χ2v) is 8.91. The van der Waals surface area contributed by atoms with Gasteiger partial charge in [-0.1, -0.05) is 0 Å². The molecule has 0 N–H and O–H groups in total. The van der Waals surface area contributed by atoms with Crippen molar-refractivity contribution >= 4 is 23.6 Å². The quantitative estimate of drug-likeness (QED) is 0.667. The van der Waals surface area contributed by atoms with E-state index in [0.29, 0.717) is 43.7 Å². The summed E-state index contributed by atoms with van der Waals surface area (Å²) in [5, 5.41) is 0. The minimum atomic E-state index is -0.652. The van der Waals surface area contributed by atoms with Crippen molar-refractivity contribution in [3.63, 3.8) is 0 Å². The third-order valence-electron chi connectivity index (χ3n) is 5.66. The van der Waals surface area contributed by atoms with E-state index in [1.807, 2.05) is 0 Å². The van der Waals surface area contributed by atoms with E-state index in [-0.39, 0.29) is 34.9 Å². The molecule has 1 saturated heterocycles. The minimum absolute atomic E-state index is 0.212. The van der Waals surface area contributed by atoms with E-state index in [1.165, 1.54) is 29.6 Å². The zero-order valence-electron chi connectivity index (χ0n) is 18.4. The van der Waals surface area contributed by atoms with E-state index in [1.54, 1.807) is 42.7 Å². The molecule has 9 nitrogen and oxygen atoms in total. The Labute approximate surface area is 186 Å². The third kappa shape index (κ3) is 3.86. The first kappa shape index (κ1) is 21.6. The lowest BCUT2D eigenvalue weighted by atomic mass is 10.0. The van der Waals surface area contributed by atoms with Gasteiger partial charge in [0.05, 0.1) is 17.3 Å². The summed E-state index contributed by atoms with van der Waals surface area (Å²) in [6, 6.07) is 4.65. The molecule has 0 radical (unpaired) electrons. The van der Waals surface area contributed by atoms with Crippen molar-refractivity contribution in [3.8, 4) is 0 Å². The Morgan fingerprint density at radius 3 is 2.16 bits per heavy atom. The van der Waals surface area contributed by atoms with Crippen LogP contribution in [0, 0.1) is 0 Å². The van der Waals surface area contributed by atoms with Crippen molar-refractivity contribution in [3.05, 3.63) is 59.2 Å². The van der Waals surface area contributed by atoms with Gasteiger partial charge in [-0.05, 0) is 45.4 Å². The van der Waals surface area contributed by atoms with Crippen LogP contribution < -0.4 is 0 Å². The van der Waals surface area contributed by atoms with Crippen LogP contribution in [0.25, 0.3) is 0 Å². The summed E-state index contributed by atoms with van der Waals surface area (Å²) in [5.41, 5.74) is 0.552. The standard InChI is InChI=1S/C23H25N5O4/c1-23(2,3)28-20(30)16-6-5-15(13-17(16)21(28)31)19(29)26-9-4-10-27(12-11-26)22(32)18-14-24-7-8-25-18/h5-8,13-14H,4,9-12H2,1-3H3. The zero-order valence-corrected chi connectivity index (χ0v) is 18.4. The van der Waals surface area contributed by atoms with Crippen molar-refractivity contribution in [1.82, 2.24) is 24.7 Å². The van der Waals surface area contributed by atoms with Crippen molar-refractivity contribution in [2.45, 2.75) is 32.7 Å². The topological polar surface area (TPSA) is 104 Å². The fourth-order valence-corrected chi connectivity index (χ4v) is 4.06. The van der Waals surface area contributed by atoms with Gasteiger partial charge in [-0.3, -0.25) is 29.1 Å². The van der Waals surface area contributed by atoms with Crippen molar-refractivity contribution in [2.75, 3.05) is 26.2 Å². The summed E-state index contributed by atoms with van der Waals surface area (Å²) in [5.74, 6) is -1.17. The lowest BCUT2D eigenvalue weighted by Crippen LogP contribution is -2.45. The van der Waals surface area contributed by atoms with Gasteiger partial charge in [0, 0.05) is 49.7 Å². The van der Waals surface area contributed by atoms with Crippen LogP contribution in [0.3, 0.4) is 0 Å². The lowest BCUT2D eigenvalue weighted by molar-refractivity contribution is 0.0507.